The highest BCUT2D eigenvalue weighted by Crippen LogP contribution is 2.13. The van der Waals surface area contributed by atoms with Crippen molar-refractivity contribution >= 4 is 23.1 Å². The van der Waals surface area contributed by atoms with E-state index in [2.05, 4.69) is 26.7 Å². The van der Waals surface area contributed by atoms with Crippen molar-refractivity contribution in [1.29, 1.82) is 0 Å². The molecule has 0 aliphatic heterocycles. The van der Waals surface area contributed by atoms with Gasteiger partial charge in [-0.3, -0.25) is 9.78 Å². The third-order valence-corrected chi connectivity index (χ3v) is 4.43. The highest BCUT2D eigenvalue weighted by molar-refractivity contribution is 7.09. The third kappa shape index (κ3) is 4.39. The first-order valence-corrected chi connectivity index (χ1v) is 8.59. The van der Waals surface area contributed by atoms with Crippen LogP contribution in [0.2, 0.25) is 0 Å². The normalized spacial score (nSPS) is 10.3. The number of thiophene rings is 1. The molecule has 122 valence electrons. The lowest BCUT2D eigenvalue weighted by atomic mass is 10.2. The molecule has 0 aromatic carbocycles. The summed E-state index contributed by atoms with van der Waals surface area (Å²) in [5.41, 5.74) is 1.64. The molecule has 0 bridgehead atoms. The van der Waals surface area contributed by atoms with Gasteiger partial charge in [0.1, 0.15) is 5.82 Å². The van der Waals surface area contributed by atoms with Crippen molar-refractivity contribution in [3.63, 3.8) is 0 Å². The molecule has 0 fully saturated rings. The van der Waals surface area contributed by atoms with Crippen molar-refractivity contribution in [3.05, 3.63) is 76.4 Å². The van der Waals surface area contributed by atoms with Gasteiger partial charge < -0.3 is 10.6 Å². The van der Waals surface area contributed by atoms with Crippen molar-refractivity contribution in [2.45, 2.75) is 13.0 Å². The van der Waals surface area contributed by atoms with Crippen molar-refractivity contribution in [3.8, 4) is 0 Å². The molecule has 5 nitrogen and oxygen atoms in total. The highest BCUT2D eigenvalue weighted by Gasteiger charge is 2.11. The van der Waals surface area contributed by atoms with E-state index < -0.39 is 0 Å². The number of anilines is 1. The Hall–Kier alpha value is -2.73. The van der Waals surface area contributed by atoms with Crippen LogP contribution in [0.5, 0.6) is 0 Å². The molecule has 0 spiro atoms. The van der Waals surface area contributed by atoms with Crippen LogP contribution in [0.25, 0.3) is 0 Å². The van der Waals surface area contributed by atoms with Crippen molar-refractivity contribution < 1.29 is 4.79 Å². The van der Waals surface area contributed by atoms with Gasteiger partial charge in [-0.1, -0.05) is 6.07 Å². The minimum Gasteiger partial charge on any atom is -0.365 e. The lowest BCUT2D eigenvalue weighted by Gasteiger charge is -2.11. The van der Waals surface area contributed by atoms with Crippen LogP contribution in [0.15, 0.2) is 60.4 Å². The summed E-state index contributed by atoms with van der Waals surface area (Å²) in [6.07, 6.45) is 6.00. The summed E-state index contributed by atoms with van der Waals surface area (Å²) in [6, 6.07) is 11.5. The maximum atomic E-state index is 12.4. The number of nitrogens with one attached hydrogen (secondary N) is 2. The van der Waals surface area contributed by atoms with Gasteiger partial charge in [0.15, 0.2) is 0 Å². The van der Waals surface area contributed by atoms with Gasteiger partial charge in [0.25, 0.3) is 5.91 Å². The number of pyridine rings is 2. The number of amides is 1. The molecule has 0 unspecified atom stereocenters. The lowest BCUT2D eigenvalue weighted by molar-refractivity contribution is 0.0954. The first kappa shape index (κ1) is 16.1. The Morgan fingerprint density at radius 3 is 2.75 bits per heavy atom. The summed E-state index contributed by atoms with van der Waals surface area (Å²) in [5, 5.41) is 8.21. The molecule has 0 aliphatic carbocycles. The number of nitrogens with zero attached hydrogens (tertiary/aromatic N) is 2. The van der Waals surface area contributed by atoms with Crippen LogP contribution in [0, 0.1) is 0 Å². The Morgan fingerprint density at radius 2 is 1.96 bits per heavy atom. The van der Waals surface area contributed by atoms with E-state index >= 15 is 0 Å². The van der Waals surface area contributed by atoms with Crippen molar-refractivity contribution in [2.24, 2.45) is 0 Å². The summed E-state index contributed by atoms with van der Waals surface area (Å²) in [7, 11) is 0. The molecule has 1 amide bonds. The van der Waals surface area contributed by atoms with Gasteiger partial charge in [0.05, 0.1) is 5.56 Å². The van der Waals surface area contributed by atoms with Crippen molar-refractivity contribution in [1.82, 2.24) is 15.3 Å². The van der Waals surface area contributed by atoms with Gasteiger partial charge in [-0.05, 0) is 47.7 Å². The highest BCUT2D eigenvalue weighted by atomic mass is 32.1. The van der Waals surface area contributed by atoms with Gasteiger partial charge in [-0.15, -0.1) is 11.3 Å². The molecule has 3 rings (SSSR count). The van der Waals surface area contributed by atoms with Crippen LogP contribution in [0.4, 0.5) is 5.82 Å². The molecule has 0 atom stereocenters. The van der Waals surface area contributed by atoms with Crippen molar-refractivity contribution in [2.75, 3.05) is 11.9 Å². The van der Waals surface area contributed by atoms with Gasteiger partial charge >= 0.3 is 0 Å². The fraction of sp³-hybridized carbons (Fsp3) is 0.167. The number of aromatic nitrogens is 2. The van der Waals surface area contributed by atoms with E-state index in [-0.39, 0.29) is 5.91 Å². The SMILES string of the molecule is O=C(NCCc1cccs1)c1cccnc1NCc1ccncc1. The van der Waals surface area contributed by atoms with E-state index in [0.717, 1.165) is 12.0 Å². The zero-order valence-electron chi connectivity index (χ0n) is 13.1. The van der Waals surface area contributed by atoms with Gasteiger partial charge in [0, 0.05) is 36.6 Å². The lowest BCUT2D eigenvalue weighted by Crippen LogP contribution is -2.26. The summed E-state index contributed by atoms with van der Waals surface area (Å²) in [4.78, 5) is 22.0. The fourth-order valence-electron chi connectivity index (χ4n) is 2.27. The second-order valence-electron chi connectivity index (χ2n) is 5.19. The molecular formula is C18H18N4OS. The van der Waals surface area contributed by atoms with Crippen LogP contribution >= 0.6 is 11.3 Å². The zero-order chi connectivity index (χ0) is 16.6. The summed E-state index contributed by atoms with van der Waals surface area (Å²) in [6.45, 7) is 1.20. The minimum atomic E-state index is -0.114. The summed E-state index contributed by atoms with van der Waals surface area (Å²) in [5.74, 6) is 0.472. The number of rotatable bonds is 7. The fourth-order valence-corrected chi connectivity index (χ4v) is 2.97. The van der Waals surface area contributed by atoms with Gasteiger partial charge in [-0.2, -0.15) is 0 Å². The number of hydrogen-bond donors (Lipinski definition) is 2. The molecule has 6 heteroatoms. The van der Waals surface area contributed by atoms with Gasteiger partial charge in [-0.25, -0.2) is 4.98 Å². The van der Waals surface area contributed by atoms with Crippen LogP contribution in [0.3, 0.4) is 0 Å². The third-order valence-electron chi connectivity index (χ3n) is 3.50. The van der Waals surface area contributed by atoms with E-state index in [0.29, 0.717) is 24.5 Å². The standard InChI is InChI=1S/C18H18N4OS/c23-18(21-11-7-15-3-2-12-24-15)16-4-1-8-20-17(16)22-13-14-5-9-19-10-6-14/h1-6,8-10,12H,7,11,13H2,(H,20,22)(H,21,23). The Morgan fingerprint density at radius 1 is 1.08 bits per heavy atom. The Balaban J connectivity index is 1.59. The monoisotopic (exact) mass is 338 g/mol. The smallest absolute Gasteiger partial charge is 0.255 e. The van der Waals surface area contributed by atoms with E-state index in [4.69, 9.17) is 0 Å². The molecule has 0 aliphatic rings. The molecule has 0 saturated carbocycles. The second kappa shape index (κ2) is 8.21. The summed E-state index contributed by atoms with van der Waals surface area (Å²) < 4.78 is 0. The number of hydrogen-bond acceptors (Lipinski definition) is 5. The summed E-state index contributed by atoms with van der Waals surface area (Å²) >= 11 is 1.70. The van der Waals surface area contributed by atoms with E-state index in [1.165, 1.54) is 4.88 Å². The molecule has 2 N–H and O–H groups in total. The Labute approximate surface area is 144 Å². The average Bonchev–Trinajstić information content (AvgIpc) is 3.14. The molecule has 0 radical (unpaired) electrons. The molecule has 3 heterocycles. The van der Waals surface area contributed by atoms with Gasteiger partial charge in [0.2, 0.25) is 0 Å². The van der Waals surface area contributed by atoms with Crippen LogP contribution < -0.4 is 10.6 Å². The molecule has 24 heavy (non-hydrogen) atoms. The topological polar surface area (TPSA) is 66.9 Å². The molecule has 3 aromatic heterocycles. The Bertz CT molecular complexity index is 775. The first-order valence-electron chi connectivity index (χ1n) is 7.71. The second-order valence-corrected chi connectivity index (χ2v) is 6.23. The number of carbonyl (C=O) groups excluding carboxylic acids is 1. The maximum Gasteiger partial charge on any atom is 0.255 e. The maximum absolute atomic E-state index is 12.4. The zero-order valence-corrected chi connectivity index (χ0v) is 13.9. The average molecular weight is 338 g/mol. The van der Waals surface area contributed by atoms with E-state index in [9.17, 15) is 4.79 Å². The van der Waals surface area contributed by atoms with E-state index in [1.807, 2.05) is 23.6 Å². The van der Waals surface area contributed by atoms with E-state index in [1.54, 1.807) is 42.1 Å². The predicted octanol–water partition coefficient (Wildman–Crippen LogP) is 3.12. The first-order chi connectivity index (χ1) is 11.8. The molecule has 0 saturated heterocycles. The molecular weight excluding hydrogens is 320 g/mol. The largest absolute Gasteiger partial charge is 0.365 e. The quantitative estimate of drug-likeness (QED) is 0.694. The number of carbonyl (C=O) groups is 1. The molecule has 3 aromatic rings. The predicted molar refractivity (Wildman–Crippen MR) is 96.2 cm³/mol. The Kier molecular flexibility index (Phi) is 5.52. The minimum absolute atomic E-state index is 0.114. The van der Waals surface area contributed by atoms with Crippen LogP contribution in [-0.2, 0) is 13.0 Å². The van der Waals surface area contributed by atoms with Crippen LogP contribution in [0.1, 0.15) is 20.8 Å². The van der Waals surface area contributed by atoms with Crippen LogP contribution in [-0.4, -0.2) is 22.4 Å².